The van der Waals surface area contributed by atoms with Crippen molar-refractivity contribution >= 4 is 17.3 Å². The summed E-state index contributed by atoms with van der Waals surface area (Å²) < 4.78 is 0. The number of amides is 1. The molecule has 0 fully saturated rings. The lowest BCUT2D eigenvalue weighted by atomic mass is 10.1. The molecule has 0 saturated heterocycles. The van der Waals surface area contributed by atoms with Crippen LogP contribution in [0.25, 0.3) is 0 Å². The van der Waals surface area contributed by atoms with Crippen molar-refractivity contribution in [2.45, 2.75) is 20.8 Å². The molecule has 0 spiro atoms. The van der Waals surface area contributed by atoms with Crippen LogP contribution in [0.3, 0.4) is 0 Å². The van der Waals surface area contributed by atoms with Crippen molar-refractivity contribution in [1.82, 2.24) is 0 Å². The Kier molecular flexibility index (Phi) is 4.63. The maximum Gasteiger partial charge on any atom is 0.243 e. The number of nitrogens with one attached hydrogen (secondary N) is 1. The van der Waals surface area contributed by atoms with E-state index in [1.165, 1.54) is 5.56 Å². The number of benzene rings is 2. The highest BCUT2D eigenvalue weighted by Gasteiger charge is 2.10. The molecule has 0 saturated carbocycles. The highest BCUT2D eigenvalue weighted by Crippen LogP contribution is 2.22. The molecule has 0 aliphatic heterocycles. The Balaban J connectivity index is 2.06. The monoisotopic (exact) mass is 282 g/mol. The van der Waals surface area contributed by atoms with E-state index in [1.54, 1.807) is 0 Å². The first-order valence-corrected chi connectivity index (χ1v) is 7.11. The Morgan fingerprint density at radius 1 is 1.05 bits per heavy atom. The molecular weight excluding hydrogens is 260 g/mol. The fourth-order valence-corrected chi connectivity index (χ4v) is 2.55. The summed E-state index contributed by atoms with van der Waals surface area (Å²) in [6.07, 6.45) is 0. The molecular formula is C18H22N2O. The molecule has 110 valence electrons. The maximum absolute atomic E-state index is 12.2. The topological polar surface area (TPSA) is 32.3 Å². The molecule has 1 N–H and O–H groups in total. The Hall–Kier alpha value is -2.29. The number of hydrogen-bond donors (Lipinski definition) is 1. The molecule has 0 bridgehead atoms. The van der Waals surface area contributed by atoms with Gasteiger partial charge in [-0.25, -0.2) is 0 Å². The van der Waals surface area contributed by atoms with Gasteiger partial charge in [-0.15, -0.1) is 0 Å². The summed E-state index contributed by atoms with van der Waals surface area (Å²) in [5, 5.41) is 3.03. The molecule has 2 rings (SSSR count). The number of rotatable bonds is 4. The van der Waals surface area contributed by atoms with E-state index < -0.39 is 0 Å². The van der Waals surface area contributed by atoms with Crippen molar-refractivity contribution in [2.24, 2.45) is 0 Å². The predicted molar refractivity (Wildman–Crippen MR) is 89.0 cm³/mol. The second-order valence-corrected chi connectivity index (χ2v) is 5.51. The van der Waals surface area contributed by atoms with Gasteiger partial charge in [0.05, 0.1) is 6.54 Å². The lowest BCUT2D eigenvalue weighted by Crippen LogP contribution is -2.30. The number of carbonyl (C=O) groups excluding carboxylic acids is 1. The number of anilines is 2. The number of carbonyl (C=O) groups is 1. The van der Waals surface area contributed by atoms with Crippen molar-refractivity contribution < 1.29 is 4.79 Å². The molecule has 0 radical (unpaired) electrons. The second-order valence-electron chi connectivity index (χ2n) is 5.51. The standard InChI is InChI=1S/C18H22N2O/c1-13-10-14(2)18(15(3)11-13)19-17(21)12-20(4)16-8-6-5-7-9-16/h5-11H,12H2,1-4H3,(H,19,21). The maximum atomic E-state index is 12.2. The van der Waals surface area contributed by atoms with Crippen molar-refractivity contribution in [3.05, 3.63) is 59.2 Å². The zero-order valence-corrected chi connectivity index (χ0v) is 13.1. The minimum absolute atomic E-state index is 0.00333. The van der Waals surface area contributed by atoms with Gasteiger partial charge in [-0.1, -0.05) is 35.9 Å². The van der Waals surface area contributed by atoms with Gasteiger partial charge in [-0.3, -0.25) is 4.79 Å². The van der Waals surface area contributed by atoms with Crippen LogP contribution in [0.1, 0.15) is 16.7 Å². The number of hydrogen-bond acceptors (Lipinski definition) is 2. The summed E-state index contributed by atoms with van der Waals surface area (Å²) in [5.74, 6) is -0.00333. The third kappa shape index (κ3) is 3.85. The zero-order valence-electron chi connectivity index (χ0n) is 13.1. The van der Waals surface area contributed by atoms with E-state index in [9.17, 15) is 4.79 Å². The van der Waals surface area contributed by atoms with Crippen LogP contribution in [0.5, 0.6) is 0 Å². The summed E-state index contributed by atoms with van der Waals surface area (Å²) in [6.45, 7) is 6.44. The predicted octanol–water partition coefficient (Wildman–Crippen LogP) is 3.69. The molecule has 2 aromatic rings. The van der Waals surface area contributed by atoms with E-state index >= 15 is 0 Å². The smallest absolute Gasteiger partial charge is 0.243 e. The average Bonchev–Trinajstić information content (AvgIpc) is 2.43. The van der Waals surface area contributed by atoms with E-state index in [2.05, 4.69) is 24.4 Å². The second kappa shape index (κ2) is 6.44. The van der Waals surface area contributed by atoms with Crippen LogP contribution >= 0.6 is 0 Å². The van der Waals surface area contributed by atoms with Crippen molar-refractivity contribution in [3.63, 3.8) is 0 Å². The van der Waals surface area contributed by atoms with Crippen LogP contribution in [0.4, 0.5) is 11.4 Å². The molecule has 0 aliphatic carbocycles. The average molecular weight is 282 g/mol. The summed E-state index contributed by atoms with van der Waals surface area (Å²) in [5.41, 5.74) is 5.37. The van der Waals surface area contributed by atoms with E-state index in [1.807, 2.05) is 56.1 Å². The molecule has 3 heteroatoms. The van der Waals surface area contributed by atoms with Gasteiger partial charge in [-0.05, 0) is 44.0 Å². The molecule has 0 aromatic heterocycles. The largest absolute Gasteiger partial charge is 0.365 e. The van der Waals surface area contributed by atoms with Crippen molar-refractivity contribution in [3.8, 4) is 0 Å². The first kappa shape index (κ1) is 15.1. The minimum atomic E-state index is -0.00333. The molecule has 21 heavy (non-hydrogen) atoms. The third-order valence-corrected chi connectivity index (χ3v) is 3.52. The lowest BCUT2D eigenvalue weighted by Gasteiger charge is -2.20. The summed E-state index contributed by atoms with van der Waals surface area (Å²) in [6, 6.07) is 14.1. The van der Waals surface area contributed by atoms with Gasteiger partial charge in [0.2, 0.25) is 5.91 Å². The Labute approximate surface area is 126 Å². The van der Waals surface area contributed by atoms with Crippen LogP contribution in [0.2, 0.25) is 0 Å². The first-order chi connectivity index (χ1) is 9.97. The number of nitrogens with zero attached hydrogens (tertiary/aromatic N) is 1. The van der Waals surface area contributed by atoms with Crippen molar-refractivity contribution in [2.75, 3.05) is 23.8 Å². The Morgan fingerprint density at radius 3 is 2.19 bits per heavy atom. The van der Waals surface area contributed by atoms with E-state index in [4.69, 9.17) is 0 Å². The fraction of sp³-hybridized carbons (Fsp3) is 0.278. The summed E-state index contributed by atoms with van der Waals surface area (Å²) >= 11 is 0. The normalized spacial score (nSPS) is 10.3. The van der Waals surface area contributed by atoms with Gasteiger partial charge >= 0.3 is 0 Å². The fourth-order valence-electron chi connectivity index (χ4n) is 2.55. The van der Waals surface area contributed by atoms with Gasteiger partial charge < -0.3 is 10.2 Å². The summed E-state index contributed by atoms with van der Waals surface area (Å²) in [4.78, 5) is 14.2. The zero-order chi connectivity index (χ0) is 15.4. The third-order valence-electron chi connectivity index (χ3n) is 3.52. The molecule has 0 heterocycles. The molecule has 0 aliphatic rings. The Bertz CT molecular complexity index is 612. The first-order valence-electron chi connectivity index (χ1n) is 7.11. The number of likely N-dealkylation sites (N-methyl/N-ethyl adjacent to an activating group) is 1. The highest BCUT2D eigenvalue weighted by molar-refractivity contribution is 5.95. The van der Waals surface area contributed by atoms with Crippen LogP contribution in [-0.2, 0) is 4.79 Å². The molecule has 3 nitrogen and oxygen atoms in total. The molecule has 2 aromatic carbocycles. The van der Waals surface area contributed by atoms with Crippen LogP contribution < -0.4 is 10.2 Å². The van der Waals surface area contributed by atoms with Gasteiger partial charge in [0.1, 0.15) is 0 Å². The van der Waals surface area contributed by atoms with Gasteiger partial charge in [0.25, 0.3) is 0 Å². The van der Waals surface area contributed by atoms with E-state index in [0.29, 0.717) is 6.54 Å². The van der Waals surface area contributed by atoms with Crippen LogP contribution in [0.15, 0.2) is 42.5 Å². The SMILES string of the molecule is Cc1cc(C)c(NC(=O)CN(C)c2ccccc2)c(C)c1. The molecule has 1 amide bonds. The van der Waals surface area contributed by atoms with E-state index in [0.717, 1.165) is 22.5 Å². The van der Waals surface area contributed by atoms with Crippen LogP contribution in [0, 0.1) is 20.8 Å². The molecule has 0 unspecified atom stereocenters. The van der Waals surface area contributed by atoms with Gasteiger partial charge in [0.15, 0.2) is 0 Å². The lowest BCUT2D eigenvalue weighted by molar-refractivity contribution is -0.114. The number of para-hydroxylation sites is 1. The highest BCUT2D eigenvalue weighted by atomic mass is 16.2. The van der Waals surface area contributed by atoms with Gasteiger partial charge in [0, 0.05) is 18.4 Å². The summed E-state index contributed by atoms with van der Waals surface area (Å²) in [7, 11) is 1.92. The van der Waals surface area contributed by atoms with Crippen molar-refractivity contribution in [1.29, 1.82) is 0 Å². The Morgan fingerprint density at radius 2 is 1.62 bits per heavy atom. The quantitative estimate of drug-likeness (QED) is 0.927. The molecule has 0 atom stereocenters. The van der Waals surface area contributed by atoms with Crippen LogP contribution in [-0.4, -0.2) is 19.5 Å². The number of aryl methyl sites for hydroxylation is 3. The van der Waals surface area contributed by atoms with E-state index in [-0.39, 0.29) is 5.91 Å². The van der Waals surface area contributed by atoms with Gasteiger partial charge in [-0.2, -0.15) is 0 Å². The minimum Gasteiger partial charge on any atom is -0.365 e.